The minimum Gasteiger partial charge on any atom is -0.467 e. The maximum absolute atomic E-state index is 12.8. The number of halogens is 1. The second-order valence-electron chi connectivity index (χ2n) is 8.75. The van der Waals surface area contributed by atoms with Crippen molar-refractivity contribution in [1.29, 1.82) is 0 Å². The van der Waals surface area contributed by atoms with Gasteiger partial charge in [0.2, 0.25) is 24.5 Å². The molecule has 2 aliphatic heterocycles. The lowest BCUT2D eigenvalue weighted by atomic mass is 9.97. The smallest absolute Gasteiger partial charge is 0.339 e. The van der Waals surface area contributed by atoms with Crippen molar-refractivity contribution in [3.63, 3.8) is 0 Å². The molecule has 0 aromatic heterocycles. The van der Waals surface area contributed by atoms with E-state index in [1.165, 1.54) is 18.2 Å². The fourth-order valence-electron chi connectivity index (χ4n) is 4.17. The number of methoxy groups -OCH3 is 1. The van der Waals surface area contributed by atoms with Crippen molar-refractivity contribution in [2.45, 2.75) is 57.7 Å². The summed E-state index contributed by atoms with van der Waals surface area (Å²) in [5.74, 6) is -4.55. The molecule has 0 amide bonds. The third-order valence-corrected chi connectivity index (χ3v) is 5.96. The lowest BCUT2D eigenvalue weighted by Crippen LogP contribution is -2.64. The van der Waals surface area contributed by atoms with Crippen molar-refractivity contribution >= 4 is 52.8 Å². The third-order valence-electron chi connectivity index (χ3n) is 5.72. The number of fused-ring (bicyclic) bond motifs is 1. The Labute approximate surface area is 252 Å². The highest BCUT2D eigenvalue weighted by atomic mass is 35.5. The fourth-order valence-corrected chi connectivity index (χ4v) is 4.34. The number of nitrogens with zero attached hydrogens (tertiary/aromatic N) is 2. The normalized spacial score (nSPS) is 26.7. The zero-order chi connectivity index (χ0) is 34.9. The molecule has 13 nitrogen and oxygen atoms in total. The zero-order valence-electron chi connectivity index (χ0n) is 27.5. The number of ether oxygens (including phenoxy) is 6. The van der Waals surface area contributed by atoms with Crippen LogP contribution < -0.4 is 0 Å². The summed E-state index contributed by atoms with van der Waals surface area (Å²) in [5.41, 5.74) is -0.651. The summed E-state index contributed by atoms with van der Waals surface area (Å²) in [7, 11) is 1.00. The standard InChI is InChI=1S/C28H27ClN2O11/c1-13(32)38-21-22(39-14(2)33)24(40-15(3)34)28(41-23(21)27(36)37-4)42-26-25(35)31-20(16-8-6-5-7-9-16)18-12-17(29)10-11-19(18)30-26/h5-12,21-25,28,35H,1-4H3/t21-,22-,23-,24+,25?,28-/m0/s1/i5D,6D,7D,8D,9D. The van der Waals surface area contributed by atoms with Crippen molar-refractivity contribution in [2.75, 3.05) is 7.11 Å². The maximum atomic E-state index is 12.8. The molecule has 0 radical (unpaired) electrons. The monoisotopic (exact) mass is 607 g/mol. The molecule has 1 fully saturated rings. The summed E-state index contributed by atoms with van der Waals surface area (Å²) < 4.78 is 73.3. The Morgan fingerprint density at radius 1 is 0.952 bits per heavy atom. The van der Waals surface area contributed by atoms with Crippen LogP contribution in [0.2, 0.25) is 5.02 Å². The molecule has 0 saturated carbocycles. The maximum Gasteiger partial charge on any atom is 0.339 e. The molecule has 42 heavy (non-hydrogen) atoms. The number of rotatable bonds is 6. The second kappa shape index (κ2) is 13.1. The highest BCUT2D eigenvalue weighted by Gasteiger charge is 2.56. The van der Waals surface area contributed by atoms with Crippen molar-refractivity contribution in [2.24, 2.45) is 9.98 Å². The van der Waals surface area contributed by atoms with Crippen molar-refractivity contribution in [1.82, 2.24) is 0 Å². The number of benzene rings is 2. The SMILES string of the molecule is [2H]c1c([2H])c([2H])c(C2=NC(O)C(O[C@@H]3O[C@H](C(=O)OC)[C@@H](OC(C)=O)[C@H](OC(C)=O)[C@H]3OC(C)=O)=Nc3ccc(Cl)cc32)c([2H])c1[2H]. The Balaban J connectivity index is 1.88. The lowest BCUT2D eigenvalue weighted by molar-refractivity contribution is -0.286. The number of carbonyl (C=O) groups is 4. The van der Waals surface area contributed by atoms with Crippen LogP contribution in [0.15, 0.2) is 58.4 Å². The molecule has 0 bridgehead atoms. The second-order valence-corrected chi connectivity index (χ2v) is 9.19. The van der Waals surface area contributed by atoms with Crippen LogP contribution in [0.25, 0.3) is 0 Å². The molecule has 2 heterocycles. The van der Waals surface area contributed by atoms with Crippen molar-refractivity contribution in [3.8, 4) is 0 Å². The number of aliphatic hydroxyl groups excluding tert-OH is 1. The van der Waals surface area contributed by atoms with Crippen LogP contribution in [0, 0.1) is 0 Å². The van der Waals surface area contributed by atoms with Crippen LogP contribution in [0.3, 0.4) is 0 Å². The lowest BCUT2D eigenvalue weighted by Gasteiger charge is -2.43. The fraction of sp³-hybridized carbons (Fsp3) is 0.357. The Hall–Kier alpha value is -4.33. The summed E-state index contributed by atoms with van der Waals surface area (Å²) in [5, 5.41) is 11.4. The van der Waals surface area contributed by atoms with E-state index in [2.05, 4.69) is 9.98 Å². The molecule has 0 spiro atoms. The molecular weight excluding hydrogens is 576 g/mol. The molecule has 14 heteroatoms. The number of hydrogen-bond acceptors (Lipinski definition) is 13. The first-order valence-electron chi connectivity index (χ1n) is 14.7. The summed E-state index contributed by atoms with van der Waals surface area (Å²) in [6.07, 6.45) is -10.9. The predicted molar refractivity (Wildman–Crippen MR) is 145 cm³/mol. The first kappa shape index (κ1) is 24.3. The molecule has 4 rings (SSSR count). The quantitative estimate of drug-likeness (QED) is 0.377. The molecule has 0 aliphatic carbocycles. The molecule has 2 aromatic rings. The van der Waals surface area contributed by atoms with Crippen molar-refractivity contribution in [3.05, 3.63) is 64.6 Å². The predicted octanol–water partition coefficient (Wildman–Crippen LogP) is 2.25. The van der Waals surface area contributed by atoms with Gasteiger partial charge >= 0.3 is 23.9 Å². The molecule has 1 unspecified atom stereocenters. The van der Waals surface area contributed by atoms with Gasteiger partial charge in [0, 0.05) is 36.9 Å². The largest absolute Gasteiger partial charge is 0.467 e. The van der Waals surface area contributed by atoms with E-state index in [4.69, 9.17) is 46.9 Å². The number of hydrogen-bond donors (Lipinski definition) is 1. The average molecular weight is 608 g/mol. The van der Waals surface area contributed by atoms with Crippen LogP contribution in [0.1, 0.15) is 38.8 Å². The van der Waals surface area contributed by atoms with Crippen LogP contribution in [-0.4, -0.2) is 84.6 Å². The van der Waals surface area contributed by atoms with E-state index in [0.717, 1.165) is 27.9 Å². The third kappa shape index (κ3) is 6.93. The molecule has 6 atom stereocenters. The molecule has 1 saturated heterocycles. The molecule has 2 aliphatic rings. The number of carbonyl (C=O) groups excluding carboxylic acids is 4. The number of aliphatic imine (C=N–C) groups is 2. The average Bonchev–Trinajstić information content (AvgIpc) is 3.12. The molecule has 1 N–H and O–H groups in total. The number of esters is 4. The van der Waals surface area contributed by atoms with E-state index >= 15 is 0 Å². The molecule has 2 aromatic carbocycles. The Morgan fingerprint density at radius 3 is 2.19 bits per heavy atom. The van der Waals surface area contributed by atoms with Crippen molar-refractivity contribution < 1.29 is 59.6 Å². The van der Waals surface area contributed by atoms with Gasteiger partial charge in [-0.25, -0.2) is 14.8 Å². The first-order chi connectivity index (χ1) is 22.0. The topological polar surface area (TPSA) is 169 Å². The minimum atomic E-state index is -2.08. The van der Waals surface area contributed by atoms with Crippen LogP contribution in [-0.2, 0) is 47.6 Å². The summed E-state index contributed by atoms with van der Waals surface area (Å²) in [6, 6.07) is 0.837. The van der Waals surface area contributed by atoms with Gasteiger partial charge in [0.25, 0.3) is 0 Å². The summed E-state index contributed by atoms with van der Waals surface area (Å²) >= 11 is 6.23. The van der Waals surface area contributed by atoms with Crippen LogP contribution in [0.5, 0.6) is 0 Å². The Morgan fingerprint density at radius 2 is 1.57 bits per heavy atom. The van der Waals surface area contributed by atoms with Crippen LogP contribution in [0.4, 0.5) is 5.69 Å². The van der Waals surface area contributed by atoms with E-state index in [1.54, 1.807) is 0 Å². The van der Waals surface area contributed by atoms with Gasteiger partial charge in [-0.2, -0.15) is 0 Å². The van der Waals surface area contributed by atoms with E-state index in [-0.39, 0.29) is 27.5 Å². The number of aliphatic hydroxyl groups is 1. The van der Waals surface area contributed by atoms with Gasteiger partial charge < -0.3 is 33.5 Å². The van der Waals surface area contributed by atoms with E-state index in [0.29, 0.717) is 0 Å². The minimum absolute atomic E-state index is 0.00907. The van der Waals surface area contributed by atoms with Gasteiger partial charge in [-0.15, -0.1) is 0 Å². The van der Waals surface area contributed by atoms with Gasteiger partial charge in [0.15, 0.2) is 18.3 Å². The van der Waals surface area contributed by atoms with Gasteiger partial charge in [-0.3, -0.25) is 14.4 Å². The first-order valence-corrected chi connectivity index (χ1v) is 12.6. The summed E-state index contributed by atoms with van der Waals surface area (Å²) in [4.78, 5) is 57.5. The van der Waals surface area contributed by atoms with Gasteiger partial charge in [0.05, 0.1) is 25.4 Å². The Kier molecular flexibility index (Phi) is 7.58. The van der Waals surface area contributed by atoms with Crippen LogP contribution >= 0.6 is 11.6 Å². The van der Waals surface area contributed by atoms with E-state index < -0.39 is 96.9 Å². The molecule has 222 valence electrons. The van der Waals surface area contributed by atoms with Gasteiger partial charge in [-0.05, 0) is 18.2 Å². The highest BCUT2D eigenvalue weighted by molar-refractivity contribution is 6.31. The zero-order valence-corrected chi connectivity index (χ0v) is 23.3. The molecular formula is C28H27ClN2O11. The van der Waals surface area contributed by atoms with E-state index in [9.17, 15) is 24.3 Å². The Bertz CT molecular complexity index is 1680. The van der Waals surface area contributed by atoms with Gasteiger partial charge in [-0.1, -0.05) is 41.8 Å². The summed E-state index contributed by atoms with van der Waals surface area (Å²) in [6.45, 7) is 3.02. The highest BCUT2D eigenvalue weighted by Crippen LogP contribution is 2.33. The van der Waals surface area contributed by atoms with Gasteiger partial charge in [0.1, 0.15) is 0 Å². The van der Waals surface area contributed by atoms with E-state index in [1.807, 2.05) is 0 Å².